The van der Waals surface area contributed by atoms with E-state index in [0.717, 1.165) is 21.9 Å². The molecular weight excluding hydrogens is 476 g/mol. The molecule has 7 nitrogen and oxygen atoms in total. The van der Waals surface area contributed by atoms with E-state index in [1.807, 2.05) is 30.3 Å². The van der Waals surface area contributed by atoms with Gasteiger partial charge in [-0.15, -0.1) is 10.2 Å². The average Bonchev–Trinajstić information content (AvgIpc) is 3.17. The number of aromatic nitrogens is 2. The molecule has 0 aliphatic carbocycles. The van der Waals surface area contributed by atoms with Gasteiger partial charge in [-0.2, -0.15) is 0 Å². The van der Waals surface area contributed by atoms with E-state index < -0.39 is 22.0 Å². The molecule has 11 heteroatoms. The molecule has 0 aliphatic rings. The van der Waals surface area contributed by atoms with Crippen molar-refractivity contribution in [3.63, 3.8) is 0 Å². The summed E-state index contributed by atoms with van der Waals surface area (Å²) in [7, 11) is -3.74. The van der Waals surface area contributed by atoms with Crippen LogP contribution in [-0.4, -0.2) is 36.8 Å². The van der Waals surface area contributed by atoms with Crippen LogP contribution in [0.4, 0.5) is 10.8 Å². The Labute approximate surface area is 194 Å². The summed E-state index contributed by atoms with van der Waals surface area (Å²) in [4.78, 5) is 13.0. The largest absolute Gasteiger partial charge is 0.299 e. The fourth-order valence-electron chi connectivity index (χ4n) is 2.90. The van der Waals surface area contributed by atoms with Crippen LogP contribution in [0.5, 0.6) is 0 Å². The number of nitrogens with zero attached hydrogens (tertiary/aromatic N) is 3. The molecule has 0 aliphatic heterocycles. The molecule has 1 heterocycles. The zero-order valence-electron chi connectivity index (χ0n) is 16.9. The van der Waals surface area contributed by atoms with Crippen molar-refractivity contribution in [2.75, 3.05) is 15.9 Å². The minimum Gasteiger partial charge on any atom is -0.299 e. The predicted molar refractivity (Wildman–Crippen MR) is 127 cm³/mol. The van der Waals surface area contributed by atoms with Crippen molar-refractivity contribution in [3.05, 3.63) is 65.2 Å². The maximum atomic E-state index is 13.0. The van der Waals surface area contributed by atoms with E-state index in [9.17, 15) is 13.2 Å². The highest BCUT2D eigenvalue weighted by molar-refractivity contribution is 8.00. The smallest absolute Gasteiger partial charge is 0.250 e. The van der Waals surface area contributed by atoms with E-state index in [0.29, 0.717) is 20.2 Å². The predicted octanol–water partition coefficient (Wildman–Crippen LogP) is 4.67. The molecule has 0 bridgehead atoms. The Morgan fingerprint density at radius 1 is 1.19 bits per heavy atom. The first kappa shape index (κ1) is 23.5. The van der Waals surface area contributed by atoms with Gasteiger partial charge in [-0.25, -0.2) is 8.42 Å². The van der Waals surface area contributed by atoms with Crippen molar-refractivity contribution < 1.29 is 13.2 Å². The lowest BCUT2D eigenvalue weighted by Crippen LogP contribution is -2.47. The Kier molecular flexibility index (Phi) is 7.93. The number of anilines is 2. The number of carbonyl (C=O) groups excluding carboxylic acids is 1. The number of carbonyl (C=O) groups is 1. The van der Waals surface area contributed by atoms with Crippen LogP contribution in [-0.2, 0) is 20.6 Å². The molecule has 0 radical (unpaired) electrons. The number of thioether (sulfide) groups is 1. The van der Waals surface area contributed by atoms with Crippen LogP contribution >= 0.6 is 34.7 Å². The maximum Gasteiger partial charge on any atom is 0.250 e. The van der Waals surface area contributed by atoms with Gasteiger partial charge < -0.3 is 0 Å². The van der Waals surface area contributed by atoms with Crippen LogP contribution in [0.1, 0.15) is 18.9 Å². The number of nitrogens with one attached hydrogen (secondary N) is 1. The maximum absolute atomic E-state index is 13.0. The molecule has 1 unspecified atom stereocenters. The Bertz CT molecular complexity index is 1140. The summed E-state index contributed by atoms with van der Waals surface area (Å²) in [5.41, 5.74) is 1.48. The third-order valence-corrected chi connectivity index (χ3v) is 7.69. The molecular formula is C20H21ClN4O3S3. The zero-order valence-corrected chi connectivity index (χ0v) is 20.1. The van der Waals surface area contributed by atoms with Gasteiger partial charge in [0, 0.05) is 10.8 Å². The molecule has 31 heavy (non-hydrogen) atoms. The lowest BCUT2D eigenvalue weighted by molar-refractivity contribution is -0.117. The van der Waals surface area contributed by atoms with Gasteiger partial charge in [-0.1, -0.05) is 78.0 Å². The van der Waals surface area contributed by atoms with E-state index in [4.69, 9.17) is 11.6 Å². The average molecular weight is 497 g/mol. The molecule has 0 saturated carbocycles. The summed E-state index contributed by atoms with van der Waals surface area (Å²) in [6.45, 7) is 1.74. The molecule has 0 saturated heterocycles. The fraction of sp³-hybridized carbons (Fsp3) is 0.250. The van der Waals surface area contributed by atoms with Gasteiger partial charge in [0.05, 0.1) is 11.9 Å². The van der Waals surface area contributed by atoms with Gasteiger partial charge in [0.1, 0.15) is 6.04 Å². The summed E-state index contributed by atoms with van der Waals surface area (Å²) in [5.74, 6) is 0.251. The third kappa shape index (κ3) is 6.42. The second-order valence-corrected chi connectivity index (χ2v) is 11.1. The molecule has 0 fully saturated rings. The zero-order chi connectivity index (χ0) is 22.4. The van der Waals surface area contributed by atoms with Gasteiger partial charge >= 0.3 is 0 Å². The van der Waals surface area contributed by atoms with Crippen LogP contribution in [0.15, 0.2) is 58.9 Å². The van der Waals surface area contributed by atoms with Crippen molar-refractivity contribution in [2.45, 2.75) is 29.5 Å². The molecule has 1 atom stereocenters. The van der Waals surface area contributed by atoms with E-state index in [-0.39, 0.29) is 6.42 Å². The topological polar surface area (TPSA) is 92.3 Å². The second kappa shape index (κ2) is 10.4. The Balaban J connectivity index is 1.73. The van der Waals surface area contributed by atoms with E-state index in [1.165, 1.54) is 29.2 Å². The molecule has 3 aromatic rings. The standard InChI is InChI=1S/C20H21ClN4O3S3/c1-3-17(25(31(2,27)28)16-11-7-10-15(21)12-16)18(26)22-19-23-24-20(30-19)29-13-14-8-5-4-6-9-14/h4-12,17H,3,13H2,1-2H3,(H,22,23,26). The van der Waals surface area contributed by atoms with Gasteiger partial charge in [-0.3, -0.25) is 14.4 Å². The SMILES string of the molecule is CCC(C(=O)Nc1nnc(SCc2ccccc2)s1)N(c1cccc(Cl)c1)S(C)(=O)=O. The summed E-state index contributed by atoms with van der Waals surface area (Å²) in [5, 5.41) is 11.5. The molecule has 1 aromatic heterocycles. The first-order valence-electron chi connectivity index (χ1n) is 9.34. The second-order valence-electron chi connectivity index (χ2n) is 6.60. The minimum absolute atomic E-state index is 0.264. The number of rotatable bonds is 9. The lowest BCUT2D eigenvalue weighted by Gasteiger charge is -2.29. The van der Waals surface area contributed by atoms with E-state index in [2.05, 4.69) is 15.5 Å². The van der Waals surface area contributed by atoms with Crippen LogP contribution in [0.25, 0.3) is 0 Å². The molecule has 2 aromatic carbocycles. The number of halogens is 1. The van der Waals surface area contributed by atoms with Crippen molar-refractivity contribution in [3.8, 4) is 0 Å². The summed E-state index contributed by atoms with van der Waals surface area (Å²) < 4.78 is 26.8. The van der Waals surface area contributed by atoms with Gasteiger partial charge in [0.2, 0.25) is 21.1 Å². The Morgan fingerprint density at radius 3 is 2.58 bits per heavy atom. The van der Waals surface area contributed by atoms with Crippen molar-refractivity contribution in [1.29, 1.82) is 0 Å². The first-order valence-corrected chi connectivity index (χ1v) is 13.4. The molecule has 164 valence electrons. The number of hydrogen-bond donors (Lipinski definition) is 1. The normalized spacial score (nSPS) is 12.4. The number of hydrogen-bond acceptors (Lipinski definition) is 7. The molecule has 0 spiro atoms. The van der Waals surface area contributed by atoms with Crippen molar-refractivity contribution in [2.24, 2.45) is 0 Å². The van der Waals surface area contributed by atoms with Crippen LogP contribution in [0.2, 0.25) is 5.02 Å². The fourth-order valence-corrected chi connectivity index (χ4v) is 6.00. The molecule has 3 rings (SSSR count). The highest BCUT2D eigenvalue weighted by atomic mass is 35.5. The molecule has 1 N–H and O–H groups in total. The monoisotopic (exact) mass is 496 g/mol. The lowest BCUT2D eigenvalue weighted by atomic mass is 10.2. The molecule has 1 amide bonds. The number of sulfonamides is 1. The minimum atomic E-state index is -3.74. The summed E-state index contributed by atoms with van der Waals surface area (Å²) >= 11 is 8.79. The van der Waals surface area contributed by atoms with Crippen LogP contribution in [0.3, 0.4) is 0 Å². The summed E-state index contributed by atoms with van der Waals surface area (Å²) in [6.07, 6.45) is 1.33. The van der Waals surface area contributed by atoms with Gasteiger partial charge in [0.25, 0.3) is 0 Å². The summed E-state index contributed by atoms with van der Waals surface area (Å²) in [6, 6.07) is 15.4. The quantitative estimate of drug-likeness (QED) is 0.342. The first-order chi connectivity index (χ1) is 14.8. The van der Waals surface area contributed by atoms with Crippen LogP contribution < -0.4 is 9.62 Å². The Morgan fingerprint density at radius 2 is 1.94 bits per heavy atom. The van der Waals surface area contributed by atoms with E-state index >= 15 is 0 Å². The number of amides is 1. The van der Waals surface area contributed by atoms with Gasteiger partial charge in [-0.05, 0) is 30.2 Å². The van der Waals surface area contributed by atoms with Gasteiger partial charge in [0.15, 0.2) is 4.34 Å². The Hall–Kier alpha value is -2.14. The number of benzene rings is 2. The van der Waals surface area contributed by atoms with E-state index in [1.54, 1.807) is 25.1 Å². The van der Waals surface area contributed by atoms with Crippen molar-refractivity contribution >= 4 is 61.4 Å². The highest BCUT2D eigenvalue weighted by Gasteiger charge is 2.32. The van der Waals surface area contributed by atoms with Crippen molar-refractivity contribution in [1.82, 2.24) is 10.2 Å². The highest BCUT2D eigenvalue weighted by Crippen LogP contribution is 2.29. The third-order valence-electron chi connectivity index (χ3n) is 4.23. The van der Waals surface area contributed by atoms with Crippen LogP contribution in [0, 0.1) is 0 Å².